The molecule has 3 N–H and O–H groups in total. The van der Waals surface area contributed by atoms with Crippen molar-refractivity contribution in [2.45, 2.75) is 26.4 Å². The molecule has 0 unspecified atom stereocenters. The third-order valence-electron chi connectivity index (χ3n) is 2.70. The van der Waals surface area contributed by atoms with Gasteiger partial charge in [-0.15, -0.1) is 0 Å². The first-order valence-electron chi connectivity index (χ1n) is 6.49. The Morgan fingerprint density at radius 2 is 2.10 bits per heavy atom. The SMILES string of the molecule is CC(C)CN(CCC(N)=NO)c1cccc(C(F)(F)F)n1. The van der Waals surface area contributed by atoms with Gasteiger partial charge in [-0.25, -0.2) is 4.98 Å². The van der Waals surface area contributed by atoms with Crippen molar-refractivity contribution in [2.24, 2.45) is 16.8 Å². The van der Waals surface area contributed by atoms with Crippen molar-refractivity contribution in [3.8, 4) is 0 Å². The van der Waals surface area contributed by atoms with Gasteiger partial charge in [0.25, 0.3) is 0 Å². The quantitative estimate of drug-likeness (QED) is 0.367. The molecule has 0 saturated carbocycles. The summed E-state index contributed by atoms with van der Waals surface area (Å²) in [5, 5.41) is 11.4. The molecule has 0 radical (unpaired) electrons. The van der Waals surface area contributed by atoms with Gasteiger partial charge in [0.05, 0.1) is 0 Å². The van der Waals surface area contributed by atoms with Gasteiger partial charge in [0, 0.05) is 19.5 Å². The molecule has 0 aromatic carbocycles. The Balaban J connectivity index is 2.97. The predicted molar refractivity (Wildman–Crippen MR) is 74.3 cm³/mol. The first-order valence-corrected chi connectivity index (χ1v) is 6.49. The molecular weight excluding hydrogens is 285 g/mol. The second kappa shape index (κ2) is 7.14. The Kier molecular flexibility index (Phi) is 5.80. The van der Waals surface area contributed by atoms with Gasteiger partial charge in [-0.1, -0.05) is 25.1 Å². The molecule has 5 nitrogen and oxygen atoms in total. The molecule has 0 spiro atoms. The molecule has 0 atom stereocenters. The molecule has 118 valence electrons. The van der Waals surface area contributed by atoms with Crippen LogP contribution in [0, 0.1) is 5.92 Å². The fourth-order valence-electron chi connectivity index (χ4n) is 1.80. The first-order chi connectivity index (χ1) is 9.74. The molecule has 8 heteroatoms. The topological polar surface area (TPSA) is 74.7 Å². The average Bonchev–Trinajstić information content (AvgIpc) is 2.41. The fourth-order valence-corrected chi connectivity index (χ4v) is 1.80. The van der Waals surface area contributed by atoms with Gasteiger partial charge in [-0.05, 0) is 18.1 Å². The lowest BCUT2D eigenvalue weighted by Crippen LogP contribution is -2.32. The second-order valence-corrected chi connectivity index (χ2v) is 5.06. The van der Waals surface area contributed by atoms with E-state index in [-0.39, 0.29) is 24.0 Å². The van der Waals surface area contributed by atoms with Crippen LogP contribution in [0.5, 0.6) is 0 Å². The van der Waals surface area contributed by atoms with Crippen LogP contribution >= 0.6 is 0 Å². The third kappa shape index (κ3) is 5.49. The molecule has 0 fully saturated rings. The minimum Gasteiger partial charge on any atom is -0.409 e. The summed E-state index contributed by atoms with van der Waals surface area (Å²) in [6.07, 6.45) is -4.24. The fraction of sp³-hybridized carbons (Fsp3) is 0.538. The summed E-state index contributed by atoms with van der Waals surface area (Å²) in [5.74, 6) is 0.480. The van der Waals surface area contributed by atoms with Gasteiger partial charge in [-0.2, -0.15) is 13.2 Å². The molecule has 0 aliphatic rings. The number of nitrogens with two attached hydrogens (primary N) is 1. The van der Waals surface area contributed by atoms with E-state index in [2.05, 4.69) is 10.1 Å². The van der Waals surface area contributed by atoms with Crippen LogP contribution in [-0.2, 0) is 6.18 Å². The van der Waals surface area contributed by atoms with Crippen LogP contribution in [0.25, 0.3) is 0 Å². The molecule has 21 heavy (non-hydrogen) atoms. The van der Waals surface area contributed by atoms with E-state index < -0.39 is 11.9 Å². The number of hydrogen-bond donors (Lipinski definition) is 2. The van der Waals surface area contributed by atoms with Gasteiger partial charge in [0.15, 0.2) is 0 Å². The number of oxime groups is 1. The molecule has 0 aliphatic heterocycles. The van der Waals surface area contributed by atoms with E-state index in [0.717, 1.165) is 6.07 Å². The van der Waals surface area contributed by atoms with Crippen molar-refractivity contribution < 1.29 is 18.4 Å². The number of hydrogen-bond acceptors (Lipinski definition) is 4. The molecule has 1 heterocycles. The van der Waals surface area contributed by atoms with Crippen LogP contribution in [-0.4, -0.2) is 29.1 Å². The molecule has 1 aromatic rings. The summed E-state index contributed by atoms with van der Waals surface area (Å²) < 4.78 is 38.1. The van der Waals surface area contributed by atoms with Crippen molar-refractivity contribution in [3.05, 3.63) is 23.9 Å². The largest absolute Gasteiger partial charge is 0.433 e. The van der Waals surface area contributed by atoms with Crippen LogP contribution in [0.2, 0.25) is 0 Å². The summed E-state index contributed by atoms with van der Waals surface area (Å²) in [7, 11) is 0. The second-order valence-electron chi connectivity index (χ2n) is 5.06. The Hall–Kier alpha value is -1.99. The van der Waals surface area contributed by atoms with Gasteiger partial charge in [0.2, 0.25) is 0 Å². The minimum atomic E-state index is -4.48. The molecule has 0 aliphatic carbocycles. The average molecular weight is 304 g/mol. The summed E-state index contributed by atoms with van der Waals surface area (Å²) >= 11 is 0. The van der Waals surface area contributed by atoms with Crippen molar-refractivity contribution in [1.82, 2.24) is 4.98 Å². The zero-order valence-corrected chi connectivity index (χ0v) is 11.9. The standard InChI is InChI=1S/C13H19F3N4O/c1-9(2)8-20(7-6-11(17)19-21)12-5-3-4-10(18-12)13(14,15)16/h3-5,9,21H,6-8H2,1-2H3,(H2,17,19). The summed E-state index contributed by atoms with van der Waals surface area (Å²) in [4.78, 5) is 5.35. The van der Waals surface area contributed by atoms with Crippen LogP contribution in [0.15, 0.2) is 23.4 Å². The number of rotatable bonds is 6. The number of amidine groups is 1. The predicted octanol–water partition coefficient (Wildman–Crippen LogP) is 2.70. The van der Waals surface area contributed by atoms with Crippen molar-refractivity contribution >= 4 is 11.7 Å². The number of anilines is 1. The van der Waals surface area contributed by atoms with Crippen LogP contribution in [0.3, 0.4) is 0 Å². The van der Waals surface area contributed by atoms with E-state index in [9.17, 15) is 13.2 Å². The highest BCUT2D eigenvalue weighted by Gasteiger charge is 2.32. The van der Waals surface area contributed by atoms with E-state index in [1.165, 1.54) is 12.1 Å². The number of nitrogens with zero attached hydrogens (tertiary/aromatic N) is 3. The monoisotopic (exact) mass is 304 g/mol. The Bertz CT molecular complexity index is 489. The smallest absolute Gasteiger partial charge is 0.409 e. The first kappa shape index (κ1) is 17.1. The maximum absolute atomic E-state index is 12.7. The number of pyridine rings is 1. The maximum Gasteiger partial charge on any atom is 0.433 e. The van der Waals surface area contributed by atoms with Gasteiger partial charge >= 0.3 is 6.18 Å². The Morgan fingerprint density at radius 3 is 2.62 bits per heavy atom. The minimum absolute atomic E-state index is 0.0238. The van der Waals surface area contributed by atoms with Crippen LogP contribution < -0.4 is 10.6 Å². The molecule has 0 saturated heterocycles. The molecule has 0 bridgehead atoms. The van der Waals surface area contributed by atoms with Crippen molar-refractivity contribution in [1.29, 1.82) is 0 Å². The molecular formula is C13H19F3N4O. The maximum atomic E-state index is 12.7. The number of halogens is 3. The summed E-state index contributed by atoms with van der Waals surface area (Å²) in [6, 6.07) is 3.77. The third-order valence-corrected chi connectivity index (χ3v) is 2.70. The lowest BCUT2D eigenvalue weighted by molar-refractivity contribution is -0.141. The van der Waals surface area contributed by atoms with Gasteiger partial charge < -0.3 is 15.8 Å². The Morgan fingerprint density at radius 1 is 1.43 bits per heavy atom. The summed E-state index contributed by atoms with van der Waals surface area (Å²) in [6.45, 7) is 4.74. The van der Waals surface area contributed by atoms with Crippen LogP contribution in [0.4, 0.5) is 19.0 Å². The van der Waals surface area contributed by atoms with E-state index in [1.807, 2.05) is 13.8 Å². The van der Waals surface area contributed by atoms with Crippen LogP contribution in [0.1, 0.15) is 26.0 Å². The van der Waals surface area contributed by atoms with Crippen molar-refractivity contribution in [2.75, 3.05) is 18.0 Å². The zero-order valence-electron chi connectivity index (χ0n) is 11.9. The number of aromatic nitrogens is 1. The highest BCUT2D eigenvalue weighted by Crippen LogP contribution is 2.29. The number of alkyl halides is 3. The van der Waals surface area contributed by atoms with E-state index in [1.54, 1.807) is 4.90 Å². The highest BCUT2D eigenvalue weighted by molar-refractivity contribution is 5.80. The normalized spacial score (nSPS) is 12.8. The van der Waals surface area contributed by atoms with E-state index in [0.29, 0.717) is 13.1 Å². The van der Waals surface area contributed by atoms with Gasteiger partial charge in [0.1, 0.15) is 17.3 Å². The van der Waals surface area contributed by atoms with E-state index >= 15 is 0 Å². The Labute approximate surface area is 121 Å². The molecule has 1 rings (SSSR count). The molecule has 1 aromatic heterocycles. The zero-order chi connectivity index (χ0) is 16.0. The lowest BCUT2D eigenvalue weighted by Gasteiger charge is -2.26. The van der Waals surface area contributed by atoms with Crippen molar-refractivity contribution in [3.63, 3.8) is 0 Å². The van der Waals surface area contributed by atoms with Gasteiger partial charge in [-0.3, -0.25) is 0 Å². The highest BCUT2D eigenvalue weighted by atomic mass is 19.4. The molecule has 0 amide bonds. The lowest BCUT2D eigenvalue weighted by atomic mass is 10.2. The summed E-state index contributed by atoms with van der Waals surface area (Å²) in [5.41, 5.74) is 4.47. The van der Waals surface area contributed by atoms with E-state index in [4.69, 9.17) is 10.9 Å².